The second kappa shape index (κ2) is 5.16. The Morgan fingerprint density at radius 1 is 1.29 bits per heavy atom. The third-order valence-electron chi connectivity index (χ3n) is 1.74. The molecule has 0 saturated heterocycles. The zero-order chi connectivity index (χ0) is 13.2. The van der Waals surface area contributed by atoms with Crippen molar-refractivity contribution < 1.29 is 13.2 Å². The summed E-state index contributed by atoms with van der Waals surface area (Å²) in [7, 11) is -3.90. The van der Waals surface area contributed by atoms with Crippen molar-refractivity contribution in [1.82, 2.24) is 0 Å². The summed E-state index contributed by atoms with van der Waals surface area (Å²) in [5, 5.41) is -0.757. The van der Waals surface area contributed by atoms with Gasteiger partial charge in [-0.15, -0.1) is 0 Å². The highest BCUT2D eigenvalue weighted by atomic mass is 35.5. The fourth-order valence-corrected chi connectivity index (χ4v) is 2.81. The van der Waals surface area contributed by atoms with E-state index in [1.165, 1.54) is 12.1 Å². The minimum Gasteiger partial charge on any atom is -0.276 e. The molecule has 0 unspecified atom stereocenters. The van der Waals surface area contributed by atoms with Crippen LogP contribution in [0.3, 0.4) is 0 Å². The predicted octanol–water partition coefficient (Wildman–Crippen LogP) is 2.89. The van der Waals surface area contributed by atoms with Gasteiger partial charge in [0.05, 0.1) is 5.02 Å². The van der Waals surface area contributed by atoms with Crippen LogP contribution in [0.4, 0.5) is 0 Å². The zero-order valence-electron chi connectivity index (χ0n) is 9.07. The van der Waals surface area contributed by atoms with Gasteiger partial charge in [-0.3, -0.25) is 4.79 Å². The van der Waals surface area contributed by atoms with Crippen LogP contribution in [0.1, 0.15) is 24.2 Å². The molecule has 0 heterocycles. The average molecular weight is 294 g/mol. The lowest BCUT2D eigenvalue weighted by Gasteiger charge is -2.03. The summed E-state index contributed by atoms with van der Waals surface area (Å²) in [6.07, 6.45) is 0. The van der Waals surface area contributed by atoms with Crippen molar-refractivity contribution in [2.24, 2.45) is 4.40 Å². The van der Waals surface area contributed by atoms with Crippen LogP contribution in [0, 0.1) is 0 Å². The number of halogens is 2. The second-order valence-electron chi connectivity index (χ2n) is 3.43. The van der Waals surface area contributed by atoms with Gasteiger partial charge in [-0.1, -0.05) is 11.6 Å². The summed E-state index contributed by atoms with van der Waals surface area (Å²) >= 11 is 11.0. The number of hydrogen-bond donors (Lipinski definition) is 0. The summed E-state index contributed by atoms with van der Waals surface area (Å²) < 4.78 is 27.1. The lowest BCUT2D eigenvalue weighted by atomic mass is 10.2. The average Bonchev–Trinajstić information content (AvgIpc) is 2.15. The highest BCUT2D eigenvalue weighted by molar-refractivity contribution is 7.90. The topological polar surface area (TPSA) is 63.6 Å². The Bertz CT molecular complexity index is 590. The molecule has 0 fully saturated rings. The molecular formula is C10H9Cl2NO3S. The molecule has 0 bridgehead atoms. The normalized spacial score (nSPS) is 11.1. The molecule has 1 rings (SSSR count). The molecule has 0 atom stereocenters. The van der Waals surface area contributed by atoms with Crippen LogP contribution in [0.5, 0.6) is 0 Å². The number of hydrogen-bond acceptors (Lipinski definition) is 3. The second-order valence-corrected chi connectivity index (χ2v) is 5.76. The molecule has 0 saturated carbocycles. The zero-order valence-corrected chi connectivity index (χ0v) is 11.4. The van der Waals surface area contributed by atoms with Crippen molar-refractivity contribution >= 4 is 44.2 Å². The highest BCUT2D eigenvalue weighted by Crippen LogP contribution is 2.25. The summed E-state index contributed by atoms with van der Waals surface area (Å²) in [4.78, 5) is 10.7. The Labute approximate surface area is 109 Å². The molecule has 17 heavy (non-hydrogen) atoms. The summed E-state index contributed by atoms with van der Waals surface area (Å²) in [6, 6.07) is 3.75. The summed E-state index contributed by atoms with van der Waals surface area (Å²) in [5.74, 6) is 0. The van der Waals surface area contributed by atoms with Crippen LogP contribution in [0.25, 0.3) is 0 Å². The number of carbonyl (C=O) groups excluding carboxylic acids is 1. The largest absolute Gasteiger partial charge is 0.283 e. The van der Waals surface area contributed by atoms with Crippen molar-refractivity contribution in [3.63, 3.8) is 0 Å². The van der Waals surface area contributed by atoms with Gasteiger partial charge in [0.2, 0.25) is 0 Å². The number of sulfonamides is 1. The van der Waals surface area contributed by atoms with Crippen molar-refractivity contribution in [2.75, 3.05) is 0 Å². The van der Waals surface area contributed by atoms with Gasteiger partial charge in [0, 0.05) is 11.3 Å². The van der Waals surface area contributed by atoms with Crippen molar-refractivity contribution in [2.45, 2.75) is 18.7 Å². The number of carbonyl (C=O) groups is 1. The van der Waals surface area contributed by atoms with E-state index in [1.54, 1.807) is 13.8 Å². The molecule has 0 spiro atoms. The van der Waals surface area contributed by atoms with Crippen LogP contribution in [-0.2, 0) is 10.0 Å². The fourth-order valence-electron chi connectivity index (χ4n) is 1.11. The van der Waals surface area contributed by atoms with E-state index < -0.39 is 15.3 Å². The summed E-state index contributed by atoms with van der Waals surface area (Å²) in [6.45, 7) is 3.09. The van der Waals surface area contributed by atoms with Gasteiger partial charge in [0.1, 0.15) is 4.90 Å². The molecule has 7 heteroatoms. The lowest BCUT2D eigenvalue weighted by molar-refractivity contribution is 0.108. The van der Waals surface area contributed by atoms with Crippen molar-refractivity contribution in [3.8, 4) is 0 Å². The van der Waals surface area contributed by atoms with E-state index in [0.717, 1.165) is 6.07 Å². The van der Waals surface area contributed by atoms with Crippen LogP contribution in [0.15, 0.2) is 27.5 Å². The third kappa shape index (κ3) is 3.52. The van der Waals surface area contributed by atoms with Crippen LogP contribution >= 0.6 is 23.2 Å². The molecule has 0 aliphatic heterocycles. The smallest absolute Gasteiger partial charge is 0.276 e. The first kappa shape index (κ1) is 14.2. The number of nitrogens with zero attached hydrogens (tertiary/aromatic N) is 1. The highest BCUT2D eigenvalue weighted by Gasteiger charge is 2.18. The van der Waals surface area contributed by atoms with Crippen molar-refractivity contribution in [3.05, 3.63) is 28.8 Å². The van der Waals surface area contributed by atoms with Gasteiger partial charge in [0.15, 0.2) is 0 Å². The van der Waals surface area contributed by atoms with Gasteiger partial charge in [-0.2, -0.15) is 12.8 Å². The van der Waals surface area contributed by atoms with Crippen LogP contribution in [0.2, 0.25) is 5.02 Å². The molecule has 0 aromatic heterocycles. The molecule has 1 aromatic carbocycles. The first-order valence-electron chi connectivity index (χ1n) is 4.51. The van der Waals surface area contributed by atoms with Crippen LogP contribution in [-0.4, -0.2) is 19.4 Å². The van der Waals surface area contributed by atoms with E-state index in [0.29, 0.717) is 5.71 Å². The Morgan fingerprint density at radius 3 is 2.35 bits per heavy atom. The van der Waals surface area contributed by atoms with E-state index in [4.69, 9.17) is 23.2 Å². The van der Waals surface area contributed by atoms with Crippen LogP contribution < -0.4 is 0 Å². The molecule has 1 aromatic rings. The molecule has 0 aliphatic carbocycles. The standard InChI is InChI=1S/C10H9Cl2NO3S/c1-6(2)13-17(15,16)9-5-7(10(12)14)3-4-8(9)11/h3-5H,1-2H3. The Kier molecular flexibility index (Phi) is 4.30. The van der Waals surface area contributed by atoms with Gasteiger partial charge < -0.3 is 0 Å². The lowest BCUT2D eigenvalue weighted by Crippen LogP contribution is -2.02. The van der Waals surface area contributed by atoms with Gasteiger partial charge >= 0.3 is 0 Å². The molecule has 0 amide bonds. The van der Waals surface area contributed by atoms with E-state index in [1.807, 2.05) is 0 Å². The fraction of sp³-hybridized carbons (Fsp3) is 0.200. The SMILES string of the molecule is CC(C)=NS(=O)(=O)c1cc(C(=O)Cl)ccc1Cl. The molecule has 4 nitrogen and oxygen atoms in total. The van der Waals surface area contributed by atoms with E-state index in [9.17, 15) is 13.2 Å². The van der Waals surface area contributed by atoms with Crippen molar-refractivity contribution in [1.29, 1.82) is 0 Å². The van der Waals surface area contributed by atoms with E-state index in [2.05, 4.69) is 4.40 Å². The molecule has 92 valence electrons. The number of rotatable bonds is 3. The third-order valence-corrected chi connectivity index (χ3v) is 3.90. The molecule has 0 N–H and O–H groups in total. The maximum Gasteiger partial charge on any atom is 0.283 e. The monoisotopic (exact) mass is 293 g/mol. The molecule has 0 aliphatic rings. The van der Waals surface area contributed by atoms with Gasteiger partial charge in [-0.05, 0) is 43.6 Å². The maximum atomic E-state index is 11.8. The number of benzene rings is 1. The minimum absolute atomic E-state index is 0.00309. The van der Waals surface area contributed by atoms with E-state index >= 15 is 0 Å². The predicted molar refractivity (Wildman–Crippen MR) is 67.6 cm³/mol. The van der Waals surface area contributed by atoms with Gasteiger partial charge in [0.25, 0.3) is 15.3 Å². The minimum atomic E-state index is -3.90. The van der Waals surface area contributed by atoms with E-state index in [-0.39, 0.29) is 15.5 Å². The summed E-state index contributed by atoms with van der Waals surface area (Å²) in [5.41, 5.74) is 0.419. The Hall–Kier alpha value is -0.910. The Morgan fingerprint density at radius 2 is 1.88 bits per heavy atom. The first-order chi connectivity index (χ1) is 7.74. The molecular weight excluding hydrogens is 285 g/mol. The quantitative estimate of drug-likeness (QED) is 0.636. The molecule has 0 radical (unpaired) electrons. The Balaban J connectivity index is 3.46. The maximum absolute atomic E-state index is 11.8. The van der Waals surface area contributed by atoms with Gasteiger partial charge in [-0.25, -0.2) is 0 Å². The first-order valence-corrected chi connectivity index (χ1v) is 6.71.